The highest BCUT2D eigenvalue weighted by Crippen LogP contribution is 2.36. The number of halogens is 6. The van der Waals surface area contributed by atoms with E-state index >= 15 is 0 Å². The third-order valence-electron chi connectivity index (χ3n) is 7.93. The van der Waals surface area contributed by atoms with Gasteiger partial charge in [-0.2, -0.15) is 26.3 Å². The van der Waals surface area contributed by atoms with Crippen LogP contribution < -0.4 is 5.41 Å². The van der Waals surface area contributed by atoms with Gasteiger partial charge >= 0.3 is 12.4 Å². The van der Waals surface area contributed by atoms with E-state index in [9.17, 15) is 26.3 Å². The van der Waals surface area contributed by atoms with E-state index < -0.39 is 23.5 Å². The first-order chi connectivity index (χ1) is 24.5. The lowest BCUT2D eigenvalue weighted by atomic mass is 9.85. The molecule has 0 unspecified atom stereocenters. The molecule has 52 heavy (non-hydrogen) atoms. The van der Waals surface area contributed by atoms with E-state index in [2.05, 4.69) is 20.2 Å². The van der Waals surface area contributed by atoms with Crippen LogP contribution in [0.3, 0.4) is 0 Å². The van der Waals surface area contributed by atoms with Gasteiger partial charge in [-0.05, 0) is 77.7 Å². The summed E-state index contributed by atoms with van der Waals surface area (Å²) in [4.78, 5) is 9.18. The number of nitrogens with two attached hydrogens (primary N) is 1. The topological polar surface area (TPSA) is 101 Å². The van der Waals surface area contributed by atoms with Crippen molar-refractivity contribution in [1.82, 2.24) is 20.2 Å². The summed E-state index contributed by atoms with van der Waals surface area (Å²) in [6.45, 7) is 6.14. The molecule has 0 saturated carbocycles. The van der Waals surface area contributed by atoms with Crippen LogP contribution in [-0.4, -0.2) is 30.3 Å². The smallest absolute Gasteiger partial charge is 0.293 e. The number of pyridine rings is 2. The molecule has 3 aromatic carbocycles. The minimum Gasteiger partial charge on any atom is -0.293 e. The maximum atomic E-state index is 13.1. The van der Waals surface area contributed by atoms with Crippen molar-refractivity contribution < 1.29 is 31.8 Å². The molecular weight excluding hydrogens is 719 g/mol. The Labute approximate surface area is 303 Å². The number of aromatic nitrogens is 4. The zero-order valence-electron chi connectivity index (χ0n) is 27.8. The largest absolute Gasteiger partial charge is 0.416 e. The summed E-state index contributed by atoms with van der Waals surface area (Å²) in [5.41, 5.74) is 3.24. The molecule has 14 heteroatoms. The second-order valence-electron chi connectivity index (χ2n) is 12.7. The summed E-state index contributed by atoms with van der Waals surface area (Å²) >= 11 is 2.29. The molecular formula is C38H29F6N6S2+. The van der Waals surface area contributed by atoms with Crippen LogP contribution >= 0.6 is 23.1 Å². The van der Waals surface area contributed by atoms with Gasteiger partial charge in [0.2, 0.25) is 0 Å². The molecule has 264 valence electrons. The summed E-state index contributed by atoms with van der Waals surface area (Å²) in [6, 6.07) is 25.5. The maximum absolute atomic E-state index is 13.1. The highest BCUT2D eigenvalue weighted by molar-refractivity contribution is 8.27. The van der Waals surface area contributed by atoms with Gasteiger partial charge in [0.15, 0.2) is 5.01 Å². The Balaban J connectivity index is 1.24. The first-order valence-electron chi connectivity index (χ1n) is 15.6. The third-order valence-corrected chi connectivity index (χ3v) is 9.79. The van der Waals surface area contributed by atoms with Crippen molar-refractivity contribution >= 4 is 33.2 Å². The summed E-state index contributed by atoms with van der Waals surface area (Å²) < 4.78 is 78.3. The minimum atomic E-state index is -4.45. The van der Waals surface area contributed by atoms with Crippen LogP contribution in [0.5, 0.6) is 0 Å². The van der Waals surface area contributed by atoms with E-state index in [1.165, 1.54) is 35.6 Å². The molecule has 3 aromatic heterocycles. The average Bonchev–Trinajstić information content (AvgIpc) is 3.61. The molecule has 0 aliphatic carbocycles. The molecule has 0 spiro atoms. The molecule has 0 amide bonds. The first-order valence-corrected chi connectivity index (χ1v) is 17.3. The standard InChI is InChI=1S/C38H28F6N6S2/c1-36(2,3)27-19-23(32(45)51-33(46)30-8-4-6-28(47-30)21-10-14-25(15-11-21)37(39,40)41)18-24(20-27)34-49-50-35(52-34)31-9-5-7-29(48-31)22-12-16-26(17-13-22)38(42,43)44/h4-20,45-46H,1-3H3/p+1. The van der Waals surface area contributed by atoms with Crippen molar-refractivity contribution in [3.63, 3.8) is 0 Å². The van der Waals surface area contributed by atoms with Crippen LogP contribution in [0.15, 0.2) is 103 Å². The highest BCUT2D eigenvalue weighted by atomic mass is 32.2. The average molecular weight is 748 g/mol. The maximum Gasteiger partial charge on any atom is 0.416 e. The van der Waals surface area contributed by atoms with E-state index in [0.717, 1.165) is 47.2 Å². The number of nitrogens with one attached hydrogen (secondary N) is 1. The van der Waals surface area contributed by atoms with Crippen molar-refractivity contribution in [1.29, 1.82) is 5.41 Å². The summed E-state index contributed by atoms with van der Waals surface area (Å²) in [5, 5.41) is 25.7. The van der Waals surface area contributed by atoms with Crippen LogP contribution in [0.1, 0.15) is 48.7 Å². The number of benzene rings is 3. The number of hydrogen-bond acceptors (Lipinski definition) is 7. The fourth-order valence-corrected chi connectivity index (χ4v) is 6.56. The van der Waals surface area contributed by atoms with E-state index in [0.29, 0.717) is 49.5 Å². The molecule has 3 N–H and O–H groups in total. The molecule has 0 bridgehead atoms. The van der Waals surface area contributed by atoms with Crippen molar-refractivity contribution in [2.45, 2.75) is 38.5 Å². The monoisotopic (exact) mass is 747 g/mol. The Morgan fingerprint density at radius 3 is 1.69 bits per heavy atom. The molecule has 6 aromatic rings. The van der Waals surface area contributed by atoms with Gasteiger partial charge in [0.05, 0.1) is 22.5 Å². The third kappa shape index (κ3) is 8.29. The second kappa shape index (κ2) is 14.1. The van der Waals surface area contributed by atoms with Crippen LogP contribution in [0.2, 0.25) is 0 Å². The lowest BCUT2D eigenvalue weighted by Gasteiger charge is -2.21. The number of hydrogen-bond donors (Lipinski definition) is 2. The summed E-state index contributed by atoms with van der Waals surface area (Å²) in [6.07, 6.45) is -8.89. The van der Waals surface area contributed by atoms with Gasteiger partial charge in [-0.25, -0.2) is 15.4 Å². The van der Waals surface area contributed by atoms with Crippen LogP contribution in [0.25, 0.3) is 43.8 Å². The minimum absolute atomic E-state index is 0.141. The Bertz CT molecular complexity index is 2270. The van der Waals surface area contributed by atoms with Crippen LogP contribution in [0.4, 0.5) is 26.3 Å². The van der Waals surface area contributed by atoms with E-state index in [-0.39, 0.29) is 15.5 Å². The molecule has 0 atom stereocenters. The summed E-state index contributed by atoms with van der Waals surface area (Å²) in [5.74, 6) is 0. The highest BCUT2D eigenvalue weighted by Gasteiger charge is 2.31. The molecule has 0 radical (unpaired) electrons. The van der Waals surface area contributed by atoms with Gasteiger partial charge in [0.25, 0.3) is 5.04 Å². The number of alkyl halides is 6. The lowest BCUT2D eigenvalue weighted by Crippen LogP contribution is -2.39. The van der Waals surface area contributed by atoms with Crippen LogP contribution in [0, 0.1) is 5.41 Å². The molecule has 0 aliphatic heterocycles. The van der Waals surface area contributed by atoms with Gasteiger partial charge in [-0.3, -0.25) is 5.41 Å². The fraction of sp³-hybridized carbons (Fsp3) is 0.158. The fourth-order valence-electron chi connectivity index (χ4n) is 5.09. The van der Waals surface area contributed by atoms with Gasteiger partial charge in [-0.15, -0.1) is 10.2 Å². The number of nitrogens with zero attached hydrogens (tertiary/aromatic N) is 4. The first kappa shape index (κ1) is 36.6. The van der Waals surface area contributed by atoms with Crippen molar-refractivity contribution in [2.24, 2.45) is 0 Å². The van der Waals surface area contributed by atoms with Gasteiger partial charge in [-0.1, -0.05) is 68.5 Å². The quantitative estimate of drug-likeness (QED) is 0.100. The van der Waals surface area contributed by atoms with Crippen molar-refractivity contribution in [3.8, 4) is 43.8 Å². The van der Waals surface area contributed by atoms with E-state index in [1.54, 1.807) is 36.4 Å². The zero-order valence-corrected chi connectivity index (χ0v) is 29.4. The molecule has 0 fully saturated rings. The summed E-state index contributed by atoms with van der Waals surface area (Å²) in [7, 11) is 0. The van der Waals surface area contributed by atoms with Gasteiger partial charge in [0.1, 0.15) is 21.4 Å². The predicted octanol–water partition coefficient (Wildman–Crippen LogP) is 9.60. The molecule has 6 nitrogen and oxygen atoms in total. The van der Waals surface area contributed by atoms with E-state index in [1.807, 2.05) is 39.0 Å². The SMILES string of the molecule is CC(C)(C)c1cc(C(=N)SC(=[NH2+])c2cccc(-c3ccc(C(F)(F)F)cc3)n2)cc(-c2nnc(-c3cccc(-c4ccc(C(F)(F)F)cc4)n3)s2)c1. The van der Waals surface area contributed by atoms with E-state index in [4.69, 9.17) is 10.8 Å². The van der Waals surface area contributed by atoms with Gasteiger partial charge in [0, 0.05) is 34.0 Å². The number of rotatable bonds is 6. The predicted molar refractivity (Wildman–Crippen MR) is 193 cm³/mol. The zero-order chi connectivity index (χ0) is 37.4. The van der Waals surface area contributed by atoms with Crippen LogP contribution in [-0.2, 0) is 17.8 Å². The Morgan fingerprint density at radius 2 is 1.13 bits per heavy atom. The Kier molecular flexibility index (Phi) is 9.90. The molecule has 0 aliphatic rings. The molecule has 0 saturated heterocycles. The Hall–Kier alpha value is -5.21. The molecule has 6 rings (SSSR count). The van der Waals surface area contributed by atoms with Crippen molar-refractivity contribution in [3.05, 3.63) is 131 Å². The van der Waals surface area contributed by atoms with Crippen molar-refractivity contribution in [2.75, 3.05) is 0 Å². The molecule has 3 heterocycles. The lowest BCUT2D eigenvalue weighted by molar-refractivity contribution is -0.138. The Morgan fingerprint density at radius 1 is 0.615 bits per heavy atom. The number of thioether (sulfide) groups is 1. The van der Waals surface area contributed by atoms with Gasteiger partial charge < -0.3 is 0 Å². The second-order valence-corrected chi connectivity index (χ2v) is 14.8. The normalized spacial score (nSPS) is 12.2.